The number of nitrogens with two attached hydrogens (primary N) is 1. The van der Waals surface area contributed by atoms with Gasteiger partial charge in [-0.1, -0.05) is 11.6 Å². The number of aromatic nitrogens is 1. The van der Waals surface area contributed by atoms with Gasteiger partial charge in [0.15, 0.2) is 5.69 Å². The van der Waals surface area contributed by atoms with E-state index in [0.29, 0.717) is 0 Å². The number of hydrogen-bond acceptors (Lipinski definition) is 5. The molecular formula is C14H9ClF3N3O3. The Morgan fingerprint density at radius 1 is 1.42 bits per heavy atom. The number of nitrogen functional groups attached to an aromatic ring is 1. The van der Waals surface area contributed by atoms with Crippen LogP contribution in [-0.4, -0.2) is 24.0 Å². The number of benzene rings is 1. The summed E-state index contributed by atoms with van der Waals surface area (Å²) < 4.78 is 46.3. The fourth-order valence-electron chi connectivity index (χ4n) is 1.97. The van der Waals surface area contributed by atoms with Crippen molar-refractivity contribution in [2.45, 2.75) is 6.36 Å². The van der Waals surface area contributed by atoms with E-state index in [2.05, 4.69) is 9.47 Å². The van der Waals surface area contributed by atoms with E-state index in [1.807, 2.05) is 0 Å². The van der Waals surface area contributed by atoms with Crippen LogP contribution in [0.2, 0.25) is 5.02 Å². The summed E-state index contributed by atoms with van der Waals surface area (Å²) >= 11 is 5.78. The number of halogens is 4. The van der Waals surface area contributed by atoms with Crippen molar-refractivity contribution in [3.05, 3.63) is 40.7 Å². The van der Waals surface area contributed by atoms with E-state index in [4.69, 9.17) is 22.6 Å². The average molecular weight is 360 g/mol. The van der Waals surface area contributed by atoms with Gasteiger partial charge in [0.25, 0.3) is 0 Å². The van der Waals surface area contributed by atoms with Crippen LogP contribution in [0.25, 0.3) is 5.69 Å². The molecule has 0 saturated heterocycles. The van der Waals surface area contributed by atoms with Crippen molar-refractivity contribution in [2.75, 3.05) is 12.8 Å². The van der Waals surface area contributed by atoms with Crippen LogP contribution in [0.1, 0.15) is 16.1 Å². The lowest BCUT2D eigenvalue weighted by Crippen LogP contribution is -2.17. The number of rotatable bonds is 3. The highest BCUT2D eigenvalue weighted by atomic mass is 35.5. The lowest BCUT2D eigenvalue weighted by atomic mass is 10.2. The average Bonchev–Trinajstić information content (AvgIpc) is 2.84. The number of hydrogen-bond donors (Lipinski definition) is 1. The number of anilines is 1. The Morgan fingerprint density at radius 2 is 2.08 bits per heavy atom. The zero-order valence-electron chi connectivity index (χ0n) is 12.0. The van der Waals surface area contributed by atoms with Crippen molar-refractivity contribution in [3.63, 3.8) is 0 Å². The van der Waals surface area contributed by atoms with Gasteiger partial charge in [-0.25, -0.2) is 4.79 Å². The highest BCUT2D eigenvalue weighted by Gasteiger charge is 2.32. The maximum Gasteiger partial charge on any atom is 0.573 e. The van der Waals surface area contributed by atoms with Crippen LogP contribution in [0.5, 0.6) is 5.75 Å². The summed E-state index contributed by atoms with van der Waals surface area (Å²) in [5, 5.41) is 8.68. The highest BCUT2D eigenvalue weighted by molar-refractivity contribution is 6.32. The van der Waals surface area contributed by atoms with E-state index in [0.717, 1.165) is 19.2 Å². The molecule has 0 aliphatic rings. The largest absolute Gasteiger partial charge is 0.573 e. The van der Waals surface area contributed by atoms with Crippen LogP contribution in [-0.2, 0) is 4.74 Å². The molecule has 1 aromatic carbocycles. The minimum atomic E-state index is -4.89. The Morgan fingerprint density at radius 3 is 2.58 bits per heavy atom. The molecule has 6 nitrogen and oxygen atoms in total. The van der Waals surface area contributed by atoms with Crippen LogP contribution in [0.3, 0.4) is 0 Å². The maximum absolute atomic E-state index is 12.3. The monoisotopic (exact) mass is 359 g/mol. The Labute approximate surface area is 138 Å². The molecule has 24 heavy (non-hydrogen) atoms. The fraction of sp³-hybridized carbons (Fsp3) is 0.143. The standard InChI is InChI=1S/C14H9ClF3N3O3/c1-23-13(22)12-11(20)7(5-19)6-21(12)8-2-3-10(9(15)4-8)24-14(16,17)18/h2-4,6H,20H2,1H3. The summed E-state index contributed by atoms with van der Waals surface area (Å²) in [6.07, 6.45) is -3.65. The quantitative estimate of drug-likeness (QED) is 0.849. The molecule has 0 fully saturated rings. The van der Waals surface area contributed by atoms with Gasteiger partial charge in [-0.15, -0.1) is 13.2 Å². The zero-order valence-corrected chi connectivity index (χ0v) is 12.8. The molecule has 0 amide bonds. The molecule has 2 N–H and O–H groups in total. The molecule has 0 unspecified atom stereocenters. The van der Waals surface area contributed by atoms with E-state index in [9.17, 15) is 18.0 Å². The maximum atomic E-state index is 12.3. The molecule has 0 aliphatic heterocycles. The summed E-state index contributed by atoms with van der Waals surface area (Å²) in [7, 11) is 1.12. The highest BCUT2D eigenvalue weighted by Crippen LogP contribution is 2.33. The van der Waals surface area contributed by atoms with E-state index in [1.54, 1.807) is 6.07 Å². The van der Waals surface area contributed by atoms with Gasteiger partial charge >= 0.3 is 12.3 Å². The second kappa shape index (κ2) is 6.33. The van der Waals surface area contributed by atoms with Crippen molar-refractivity contribution >= 4 is 23.3 Å². The van der Waals surface area contributed by atoms with Gasteiger partial charge in [-0.3, -0.25) is 0 Å². The molecule has 0 saturated carbocycles. The third-order valence-electron chi connectivity index (χ3n) is 2.96. The van der Waals surface area contributed by atoms with Crippen LogP contribution >= 0.6 is 11.6 Å². The Kier molecular flexibility index (Phi) is 4.61. The minimum absolute atomic E-state index is 0.00198. The molecule has 0 aliphatic carbocycles. The molecule has 0 bridgehead atoms. The van der Waals surface area contributed by atoms with Crippen LogP contribution in [0, 0.1) is 11.3 Å². The third-order valence-corrected chi connectivity index (χ3v) is 3.26. The van der Waals surface area contributed by atoms with E-state index < -0.39 is 18.1 Å². The van der Waals surface area contributed by atoms with Crippen LogP contribution in [0.4, 0.5) is 18.9 Å². The lowest BCUT2D eigenvalue weighted by Gasteiger charge is -2.13. The summed E-state index contributed by atoms with van der Waals surface area (Å²) in [4.78, 5) is 11.9. The molecule has 0 atom stereocenters. The second-order valence-electron chi connectivity index (χ2n) is 4.44. The van der Waals surface area contributed by atoms with Gasteiger partial charge in [0, 0.05) is 11.9 Å². The first-order valence-corrected chi connectivity index (χ1v) is 6.60. The Balaban J connectivity index is 2.55. The first kappa shape index (κ1) is 17.5. The Bertz CT molecular complexity index is 840. The van der Waals surface area contributed by atoms with Crippen LogP contribution < -0.4 is 10.5 Å². The van der Waals surface area contributed by atoms with E-state index in [-0.39, 0.29) is 27.7 Å². The van der Waals surface area contributed by atoms with Gasteiger partial charge in [0.05, 0.1) is 23.4 Å². The number of alkyl halides is 3. The minimum Gasteiger partial charge on any atom is -0.464 e. The van der Waals surface area contributed by atoms with Crippen molar-refractivity contribution in [3.8, 4) is 17.5 Å². The van der Waals surface area contributed by atoms with Gasteiger partial charge in [0.2, 0.25) is 0 Å². The molecule has 10 heteroatoms. The SMILES string of the molecule is COC(=O)c1c(N)c(C#N)cn1-c1ccc(OC(F)(F)F)c(Cl)c1. The van der Waals surface area contributed by atoms with E-state index >= 15 is 0 Å². The third kappa shape index (κ3) is 3.38. The molecule has 2 rings (SSSR count). The predicted molar refractivity (Wildman–Crippen MR) is 77.9 cm³/mol. The number of nitrogens with zero attached hydrogens (tertiary/aromatic N) is 2. The van der Waals surface area contributed by atoms with Crippen molar-refractivity contribution < 1.29 is 27.4 Å². The molecule has 0 spiro atoms. The second-order valence-corrected chi connectivity index (χ2v) is 4.85. The summed E-state index contributed by atoms with van der Waals surface area (Å²) in [6.45, 7) is 0. The van der Waals surface area contributed by atoms with Crippen LogP contribution in [0.15, 0.2) is 24.4 Å². The van der Waals surface area contributed by atoms with Crippen molar-refractivity contribution in [1.29, 1.82) is 5.26 Å². The Hall–Kier alpha value is -2.86. The molecule has 2 aromatic rings. The predicted octanol–water partition coefficient (Wildman–Crippen LogP) is 3.27. The first-order valence-electron chi connectivity index (χ1n) is 6.23. The topological polar surface area (TPSA) is 90.3 Å². The smallest absolute Gasteiger partial charge is 0.464 e. The molecule has 1 aromatic heterocycles. The number of esters is 1. The summed E-state index contributed by atoms with van der Waals surface area (Å²) in [5.74, 6) is -1.42. The molecule has 126 valence electrons. The lowest BCUT2D eigenvalue weighted by molar-refractivity contribution is -0.274. The van der Waals surface area contributed by atoms with E-state index in [1.165, 1.54) is 16.8 Å². The van der Waals surface area contributed by atoms with Gasteiger partial charge < -0.3 is 19.8 Å². The number of methoxy groups -OCH3 is 1. The first-order chi connectivity index (χ1) is 11.2. The number of carbonyl (C=O) groups is 1. The number of carbonyl (C=O) groups excluding carboxylic acids is 1. The van der Waals surface area contributed by atoms with Crippen molar-refractivity contribution in [1.82, 2.24) is 4.57 Å². The van der Waals surface area contributed by atoms with Crippen molar-refractivity contribution in [2.24, 2.45) is 0 Å². The zero-order chi connectivity index (χ0) is 18.1. The molecule has 1 heterocycles. The fourth-order valence-corrected chi connectivity index (χ4v) is 2.18. The summed E-state index contributed by atoms with van der Waals surface area (Å²) in [5.41, 5.74) is 5.67. The molecular weight excluding hydrogens is 351 g/mol. The normalized spacial score (nSPS) is 11.0. The van der Waals surface area contributed by atoms with Gasteiger partial charge in [0.1, 0.15) is 11.8 Å². The van der Waals surface area contributed by atoms with Gasteiger partial charge in [-0.2, -0.15) is 5.26 Å². The van der Waals surface area contributed by atoms with Gasteiger partial charge in [-0.05, 0) is 18.2 Å². The summed E-state index contributed by atoms with van der Waals surface area (Å²) in [6, 6.07) is 5.14. The number of nitriles is 1. The molecule has 0 radical (unpaired) electrons. The number of ether oxygens (including phenoxy) is 2.